The van der Waals surface area contributed by atoms with E-state index in [0.717, 1.165) is 14.6 Å². The molecule has 0 radical (unpaired) electrons. The van der Waals surface area contributed by atoms with Gasteiger partial charge in [-0.25, -0.2) is 9.37 Å². The third-order valence-electron chi connectivity index (χ3n) is 2.57. The summed E-state index contributed by atoms with van der Waals surface area (Å²) in [4.78, 5) is 3.84. The van der Waals surface area contributed by atoms with Gasteiger partial charge in [0.1, 0.15) is 11.6 Å². The summed E-state index contributed by atoms with van der Waals surface area (Å²) in [6.45, 7) is -2.07. The normalized spacial score (nSPS) is 11.2. The number of aromatic nitrogens is 2. The largest absolute Gasteiger partial charge is 0.319 e. The van der Waals surface area contributed by atoms with Crippen molar-refractivity contribution in [3.63, 3.8) is 0 Å². The highest BCUT2D eigenvalue weighted by molar-refractivity contribution is 9.10. The van der Waals surface area contributed by atoms with E-state index in [0.29, 0.717) is 6.54 Å². The molecule has 0 aliphatic heterocycles. The average molecular weight is 334 g/mol. The van der Waals surface area contributed by atoms with Gasteiger partial charge in [0.15, 0.2) is 0 Å². The standard InChI is InChI=1S/C12H11BrF3N3/c13-10-2-1-9(14)5-8(10)6-17-7-11-18-3-4-19(11)12(15)16/h1-5,12,17H,6-7H2. The molecule has 2 aromatic rings. The zero-order valence-electron chi connectivity index (χ0n) is 9.78. The average Bonchev–Trinajstić information content (AvgIpc) is 2.82. The van der Waals surface area contributed by atoms with Gasteiger partial charge in [0, 0.05) is 23.4 Å². The van der Waals surface area contributed by atoms with Crippen molar-refractivity contribution in [2.75, 3.05) is 0 Å². The number of hydrogen-bond acceptors (Lipinski definition) is 2. The van der Waals surface area contributed by atoms with Crippen LogP contribution in [0.4, 0.5) is 13.2 Å². The Balaban J connectivity index is 1.96. The predicted molar refractivity (Wildman–Crippen MR) is 68.1 cm³/mol. The van der Waals surface area contributed by atoms with Gasteiger partial charge >= 0.3 is 6.55 Å². The van der Waals surface area contributed by atoms with Crippen molar-refractivity contribution >= 4 is 15.9 Å². The third kappa shape index (κ3) is 3.57. The van der Waals surface area contributed by atoms with E-state index >= 15 is 0 Å². The summed E-state index contributed by atoms with van der Waals surface area (Å²) in [6, 6.07) is 4.33. The van der Waals surface area contributed by atoms with Gasteiger partial charge in [-0.1, -0.05) is 15.9 Å². The lowest BCUT2D eigenvalue weighted by molar-refractivity contribution is 0.0666. The minimum atomic E-state index is -2.61. The summed E-state index contributed by atoms with van der Waals surface area (Å²) in [5.74, 6) is -0.100. The second-order valence-electron chi connectivity index (χ2n) is 3.87. The lowest BCUT2D eigenvalue weighted by atomic mass is 10.2. The molecule has 1 heterocycles. The Bertz CT molecular complexity index is 557. The van der Waals surface area contributed by atoms with Gasteiger partial charge in [-0.3, -0.25) is 4.57 Å². The van der Waals surface area contributed by atoms with Crippen LogP contribution in [0.5, 0.6) is 0 Å². The number of hydrogen-bond donors (Lipinski definition) is 1. The third-order valence-corrected chi connectivity index (χ3v) is 3.34. The quantitative estimate of drug-likeness (QED) is 0.907. The molecule has 1 aromatic heterocycles. The molecular weight excluding hydrogens is 323 g/mol. The van der Waals surface area contributed by atoms with Gasteiger partial charge in [-0.15, -0.1) is 0 Å². The second-order valence-corrected chi connectivity index (χ2v) is 4.72. The minimum Gasteiger partial charge on any atom is -0.306 e. The van der Waals surface area contributed by atoms with Crippen molar-refractivity contribution in [1.82, 2.24) is 14.9 Å². The van der Waals surface area contributed by atoms with E-state index in [1.165, 1.54) is 24.5 Å². The SMILES string of the molecule is Fc1ccc(Br)c(CNCc2nccn2C(F)F)c1. The van der Waals surface area contributed by atoms with Crippen LogP contribution in [0.1, 0.15) is 17.9 Å². The van der Waals surface area contributed by atoms with Crippen molar-refractivity contribution in [1.29, 1.82) is 0 Å². The molecule has 19 heavy (non-hydrogen) atoms. The molecule has 0 aliphatic carbocycles. The van der Waals surface area contributed by atoms with E-state index in [-0.39, 0.29) is 18.2 Å². The van der Waals surface area contributed by atoms with E-state index in [2.05, 4.69) is 26.2 Å². The zero-order chi connectivity index (χ0) is 13.8. The first kappa shape index (κ1) is 14.1. The van der Waals surface area contributed by atoms with Crippen molar-refractivity contribution < 1.29 is 13.2 Å². The summed E-state index contributed by atoms with van der Waals surface area (Å²) in [5.41, 5.74) is 0.718. The van der Waals surface area contributed by atoms with E-state index in [1.54, 1.807) is 6.07 Å². The number of alkyl halides is 2. The molecule has 7 heteroatoms. The minimum absolute atomic E-state index is 0.181. The van der Waals surface area contributed by atoms with Gasteiger partial charge < -0.3 is 5.32 Å². The van der Waals surface area contributed by atoms with Gasteiger partial charge in [0.2, 0.25) is 0 Å². The fourth-order valence-corrected chi connectivity index (χ4v) is 2.03. The van der Waals surface area contributed by atoms with Crippen LogP contribution in [-0.2, 0) is 13.1 Å². The van der Waals surface area contributed by atoms with E-state index < -0.39 is 6.55 Å². The number of nitrogens with one attached hydrogen (secondary N) is 1. The molecule has 0 saturated heterocycles. The van der Waals surface area contributed by atoms with E-state index in [1.807, 2.05) is 0 Å². The van der Waals surface area contributed by atoms with Crippen LogP contribution in [-0.4, -0.2) is 9.55 Å². The van der Waals surface area contributed by atoms with Crippen LogP contribution in [0.25, 0.3) is 0 Å². The Kier molecular flexibility index (Phi) is 4.60. The zero-order valence-corrected chi connectivity index (χ0v) is 11.4. The second kappa shape index (κ2) is 6.21. The Labute approximate surface area is 116 Å². The van der Waals surface area contributed by atoms with E-state index in [4.69, 9.17) is 0 Å². The molecule has 2 rings (SSSR count). The summed E-state index contributed by atoms with van der Waals surface area (Å²) in [6.07, 6.45) is 2.54. The van der Waals surface area contributed by atoms with Crippen molar-refractivity contribution in [3.05, 3.63) is 52.3 Å². The molecule has 0 fully saturated rings. The highest BCUT2D eigenvalue weighted by atomic mass is 79.9. The first-order chi connectivity index (χ1) is 9.08. The number of rotatable bonds is 5. The highest BCUT2D eigenvalue weighted by Gasteiger charge is 2.10. The van der Waals surface area contributed by atoms with Crippen molar-refractivity contribution in [3.8, 4) is 0 Å². The molecule has 0 unspecified atom stereocenters. The summed E-state index contributed by atoms with van der Waals surface area (Å²) in [5, 5.41) is 2.95. The van der Waals surface area contributed by atoms with Gasteiger partial charge in [-0.2, -0.15) is 8.78 Å². The summed E-state index contributed by atoms with van der Waals surface area (Å²) >= 11 is 3.30. The van der Waals surface area contributed by atoms with Crippen LogP contribution in [0, 0.1) is 5.82 Å². The lowest BCUT2D eigenvalue weighted by Crippen LogP contribution is -2.17. The van der Waals surface area contributed by atoms with Crippen LogP contribution in [0.3, 0.4) is 0 Å². The summed E-state index contributed by atoms with van der Waals surface area (Å²) in [7, 11) is 0. The fraction of sp³-hybridized carbons (Fsp3) is 0.250. The van der Waals surface area contributed by atoms with Crippen LogP contribution >= 0.6 is 15.9 Å². The molecule has 0 bridgehead atoms. The Morgan fingerprint density at radius 2 is 2.11 bits per heavy atom. The van der Waals surface area contributed by atoms with Gasteiger partial charge in [0.25, 0.3) is 0 Å². The van der Waals surface area contributed by atoms with Crippen LogP contribution in [0.15, 0.2) is 35.1 Å². The molecule has 0 saturated carbocycles. The van der Waals surface area contributed by atoms with Crippen molar-refractivity contribution in [2.24, 2.45) is 0 Å². The first-order valence-corrected chi connectivity index (χ1v) is 6.31. The van der Waals surface area contributed by atoms with Gasteiger partial charge in [0.05, 0.1) is 6.54 Å². The number of benzene rings is 1. The van der Waals surface area contributed by atoms with E-state index in [9.17, 15) is 13.2 Å². The van der Waals surface area contributed by atoms with Crippen LogP contribution < -0.4 is 5.32 Å². The number of imidazole rings is 1. The molecule has 0 amide bonds. The lowest BCUT2D eigenvalue weighted by Gasteiger charge is -2.09. The molecule has 1 aromatic carbocycles. The topological polar surface area (TPSA) is 29.9 Å². The first-order valence-electron chi connectivity index (χ1n) is 5.52. The monoisotopic (exact) mass is 333 g/mol. The Morgan fingerprint density at radius 1 is 1.32 bits per heavy atom. The molecular formula is C12H11BrF3N3. The maximum absolute atomic E-state index is 13.1. The molecule has 3 nitrogen and oxygen atoms in total. The molecule has 0 atom stereocenters. The Hall–Kier alpha value is -1.34. The highest BCUT2D eigenvalue weighted by Crippen LogP contribution is 2.18. The fourth-order valence-electron chi connectivity index (χ4n) is 1.65. The summed E-state index contributed by atoms with van der Waals surface area (Å²) < 4.78 is 39.7. The van der Waals surface area contributed by atoms with Crippen LogP contribution in [0.2, 0.25) is 0 Å². The van der Waals surface area contributed by atoms with Crippen molar-refractivity contribution in [2.45, 2.75) is 19.6 Å². The number of halogens is 4. The smallest absolute Gasteiger partial charge is 0.306 e. The maximum atomic E-state index is 13.1. The predicted octanol–water partition coefficient (Wildman–Crippen LogP) is 3.47. The molecule has 0 aliphatic rings. The number of nitrogens with zero attached hydrogens (tertiary/aromatic N) is 2. The molecule has 0 spiro atoms. The Morgan fingerprint density at radius 3 is 2.84 bits per heavy atom. The molecule has 1 N–H and O–H groups in total. The molecule has 102 valence electrons. The maximum Gasteiger partial charge on any atom is 0.319 e. The van der Waals surface area contributed by atoms with Gasteiger partial charge in [-0.05, 0) is 23.8 Å².